The van der Waals surface area contributed by atoms with E-state index >= 15 is 0 Å². The maximum Gasteiger partial charge on any atom is 0.406 e. The first-order valence-corrected chi connectivity index (χ1v) is 11.9. The quantitative estimate of drug-likeness (QED) is 0.628. The molecule has 2 rings (SSSR count). The number of rotatable bonds is 7. The van der Waals surface area contributed by atoms with E-state index in [2.05, 4.69) is 0 Å². The molecule has 0 aliphatic carbocycles. The second-order valence-electron chi connectivity index (χ2n) is 6.52. The molecule has 0 radical (unpaired) electrons. The molecule has 0 spiro atoms. The molecule has 0 bridgehead atoms. The normalized spacial score (nSPS) is 19.4. The third-order valence-electron chi connectivity index (χ3n) is 4.64. The standard InChI is InChI=1S/C16H24ClN2O5S2/c1-13-7-5-10-15(17)16(13)26(23,24)19-11-4-3-8-14(19)9-6-12-25(21,22)18(2)20/h5,7,10,14H,3-4,6,8-9,11-12H2,1-2H3/q+1. The Bertz CT molecular complexity index is 864. The molecule has 1 aromatic carbocycles. The van der Waals surface area contributed by atoms with Crippen molar-refractivity contribution in [2.45, 2.75) is 50.0 Å². The van der Waals surface area contributed by atoms with E-state index in [1.54, 1.807) is 25.1 Å². The zero-order valence-corrected chi connectivity index (χ0v) is 17.3. The van der Waals surface area contributed by atoms with Crippen molar-refractivity contribution in [2.75, 3.05) is 19.3 Å². The van der Waals surface area contributed by atoms with Crippen LogP contribution >= 0.6 is 11.6 Å². The highest BCUT2D eigenvalue weighted by Gasteiger charge is 2.36. The van der Waals surface area contributed by atoms with Gasteiger partial charge in [0.15, 0.2) is 0 Å². The third kappa shape index (κ3) is 4.62. The van der Waals surface area contributed by atoms with Gasteiger partial charge in [0.25, 0.3) is 0 Å². The van der Waals surface area contributed by atoms with Crippen molar-refractivity contribution in [1.29, 1.82) is 0 Å². The summed E-state index contributed by atoms with van der Waals surface area (Å²) in [6.07, 6.45) is 2.91. The molecule has 1 unspecified atom stereocenters. The minimum absolute atomic E-state index is 0.0461. The third-order valence-corrected chi connectivity index (χ3v) is 8.81. The van der Waals surface area contributed by atoms with Gasteiger partial charge in [-0.05, 0) is 44.2 Å². The van der Waals surface area contributed by atoms with Gasteiger partial charge in [0.2, 0.25) is 17.1 Å². The fraction of sp³-hybridized carbons (Fsp3) is 0.625. The van der Waals surface area contributed by atoms with Gasteiger partial charge in [-0.25, -0.2) is 8.42 Å². The van der Waals surface area contributed by atoms with E-state index in [-0.39, 0.29) is 32.3 Å². The van der Waals surface area contributed by atoms with Crippen LogP contribution in [0.25, 0.3) is 0 Å². The van der Waals surface area contributed by atoms with E-state index in [1.807, 2.05) is 0 Å². The first kappa shape index (κ1) is 21.3. The average Bonchev–Trinajstić information content (AvgIpc) is 2.54. The van der Waals surface area contributed by atoms with E-state index in [0.29, 0.717) is 24.9 Å². The zero-order chi connectivity index (χ0) is 19.5. The van der Waals surface area contributed by atoms with Crippen LogP contribution in [0.3, 0.4) is 0 Å². The van der Waals surface area contributed by atoms with E-state index in [9.17, 15) is 21.7 Å². The van der Waals surface area contributed by atoms with Crippen LogP contribution in [0, 0.1) is 11.8 Å². The molecule has 1 aromatic rings. The van der Waals surface area contributed by atoms with Gasteiger partial charge in [-0.1, -0.05) is 30.2 Å². The molecule has 1 aliphatic heterocycles. The van der Waals surface area contributed by atoms with Gasteiger partial charge < -0.3 is 0 Å². The van der Waals surface area contributed by atoms with Gasteiger partial charge in [0, 0.05) is 17.5 Å². The van der Waals surface area contributed by atoms with Crippen molar-refractivity contribution < 1.29 is 21.0 Å². The van der Waals surface area contributed by atoms with E-state index in [0.717, 1.165) is 19.9 Å². The number of sulfonamides is 2. The Morgan fingerprint density at radius 1 is 1.23 bits per heavy atom. The lowest BCUT2D eigenvalue weighted by atomic mass is 10.0. The maximum absolute atomic E-state index is 13.2. The predicted octanol–water partition coefficient (Wildman–Crippen LogP) is 2.71. The molecule has 1 heterocycles. The summed E-state index contributed by atoms with van der Waals surface area (Å²) < 4.78 is 51.0. The zero-order valence-electron chi connectivity index (χ0n) is 14.9. The van der Waals surface area contributed by atoms with Crippen LogP contribution in [0.15, 0.2) is 23.1 Å². The lowest BCUT2D eigenvalue weighted by Crippen LogP contribution is -2.44. The Hall–Kier alpha value is -1.03. The summed E-state index contributed by atoms with van der Waals surface area (Å²) in [5.41, 5.74) is 0.581. The van der Waals surface area contributed by atoms with Crippen molar-refractivity contribution in [3.63, 3.8) is 0 Å². The summed E-state index contributed by atoms with van der Waals surface area (Å²) in [7, 11) is -6.65. The summed E-state index contributed by atoms with van der Waals surface area (Å²) in [5.74, 6) is -0.289. The van der Waals surface area contributed by atoms with Gasteiger partial charge in [-0.2, -0.15) is 12.7 Å². The summed E-state index contributed by atoms with van der Waals surface area (Å²) in [6.45, 7) is 2.08. The highest BCUT2D eigenvalue weighted by atomic mass is 35.5. The van der Waals surface area contributed by atoms with Crippen LogP contribution in [0.2, 0.25) is 5.02 Å². The monoisotopic (exact) mass is 423 g/mol. The van der Waals surface area contributed by atoms with Crippen LogP contribution in [0.5, 0.6) is 0 Å². The molecule has 1 saturated heterocycles. The van der Waals surface area contributed by atoms with Gasteiger partial charge in [0.1, 0.15) is 14.8 Å². The summed E-state index contributed by atoms with van der Waals surface area (Å²) in [6, 6.07) is 4.66. The Kier molecular flexibility index (Phi) is 6.81. The fourth-order valence-electron chi connectivity index (χ4n) is 3.27. The van der Waals surface area contributed by atoms with E-state index < -0.39 is 20.0 Å². The topological polar surface area (TPSA) is 91.6 Å². The first-order chi connectivity index (χ1) is 12.1. The molecule has 7 nitrogen and oxygen atoms in total. The summed E-state index contributed by atoms with van der Waals surface area (Å²) in [5, 5.41) is 0.185. The number of hydrogen-bond donors (Lipinski definition) is 0. The second kappa shape index (κ2) is 8.33. The molecule has 0 N–H and O–H groups in total. The number of hydrogen-bond acceptors (Lipinski definition) is 5. The van der Waals surface area contributed by atoms with Crippen molar-refractivity contribution in [3.05, 3.63) is 33.7 Å². The van der Waals surface area contributed by atoms with Crippen LogP contribution in [0.4, 0.5) is 0 Å². The average molecular weight is 424 g/mol. The number of aryl methyl sites for hydroxylation is 1. The number of piperidine rings is 1. The van der Waals surface area contributed by atoms with Crippen molar-refractivity contribution in [2.24, 2.45) is 0 Å². The Morgan fingerprint density at radius 3 is 2.54 bits per heavy atom. The molecule has 1 atom stereocenters. The lowest BCUT2D eigenvalue weighted by Gasteiger charge is -2.35. The van der Waals surface area contributed by atoms with Crippen molar-refractivity contribution >= 4 is 31.6 Å². The SMILES string of the molecule is Cc1cccc(Cl)c1S(=O)(=O)N1CCCCC1CCCS(=O)(=O)[N+](C)=O. The Morgan fingerprint density at radius 2 is 1.92 bits per heavy atom. The van der Waals surface area contributed by atoms with Crippen molar-refractivity contribution in [1.82, 2.24) is 4.31 Å². The molecule has 1 aliphatic rings. The fourth-order valence-corrected chi connectivity index (χ4v) is 6.57. The molecular weight excluding hydrogens is 400 g/mol. The molecule has 0 amide bonds. The smallest absolute Gasteiger partial charge is 0.207 e. The number of nitroso groups, excluding NO2 is 1. The minimum atomic E-state index is -3.83. The second-order valence-corrected chi connectivity index (χ2v) is 10.8. The van der Waals surface area contributed by atoms with Gasteiger partial charge in [-0.15, -0.1) is 0 Å². The molecule has 10 heteroatoms. The first-order valence-electron chi connectivity index (χ1n) is 8.48. The summed E-state index contributed by atoms with van der Waals surface area (Å²) in [4.78, 5) is 11.2. The Labute approximate surface area is 160 Å². The van der Waals surface area contributed by atoms with E-state index in [4.69, 9.17) is 11.6 Å². The lowest BCUT2D eigenvalue weighted by molar-refractivity contribution is -0.351. The summed E-state index contributed by atoms with van der Waals surface area (Å²) >= 11 is 6.15. The van der Waals surface area contributed by atoms with Crippen LogP contribution < -0.4 is 0 Å². The highest BCUT2D eigenvalue weighted by molar-refractivity contribution is 7.89. The largest absolute Gasteiger partial charge is 0.406 e. The minimum Gasteiger partial charge on any atom is -0.207 e. The number of halogens is 1. The van der Waals surface area contributed by atoms with Crippen LogP contribution in [-0.2, 0) is 20.0 Å². The molecule has 0 saturated carbocycles. The Balaban J connectivity index is 2.22. The molecule has 146 valence electrons. The predicted molar refractivity (Wildman–Crippen MR) is 100 cm³/mol. The van der Waals surface area contributed by atoms with Crippen LogP contribution in [-0.4, -0.2) is 50.7 Å². The highest BCUT2D eigenvalue weighted by Crippen LogP contribution is 2.33. The maximum atomic E-state index is 13.2. The van der Waals surface area contributed by atoms with Gasteiger partial charge in [0.05, 0.1) is 5.02 Å². The van der Waals surface area contributed by atoms with Crippen LogP contribution in [0.1, 0.15) is 37.7 Å². The van der Waals surface area contributed by atoms with Crippen molar-refractivity contribution in [3.8, 4) is 0 Å². The van der Waals surface area contributed by atoms with Gasteiger partial charge >= 0.3 is 10.0 Å². The molecular formula is C16H24ClN2O5S2+. The number of benzene rings is 1. The molecule has 26 heavy (non-hydrogen) atoms. The van der Waals surface area contributed by atoms with Gasteiger partial charge in [-0.3, -0.25) is 0 Å². The van der Waals surface area contributed by atoms with E-state index in [1.165, 1.54) is 4.31 Å². The number of nitrogens with zero attached hydrogens (tertiary/aromatic N) is 2. The molecule has 0 aromatic heterocycles. The molecule has 1 fully saturated rings.